The minimum atomic E-state index is -3.98. The fraction of sp³-hybridized carbons (Fsp3) is 0.552. The topological polar surface area (TPSA) is 85.4 Å². The Hall–Kier alpha value is -2.78. The molecule has 0 unspecified atom stereocenters. The fourth-order valence-electron chi connectivity index (χ4n) is 5.24. The van der Waals surface area contributed by atoms with Gasteiger partial charge in [0.25, 0.3) is 0 Å². The Morgan fingerprint density at radius 3 is 2.32 bits per heavy atom. The highest BCUT2D eigenvalue weighted by Crippen LogP contribution is 2.29. The number of benzene rings is 2. The van der Waals surface area contributed by atoms with Gasteiger partial charge in [-0.15, -0.1) is 0 Å². The molecule has 0 radical (unpaired) electrons. The second-order valence-corrected chi connectivity index (χ2v) is 11.8. The summed E-state index contributed by atoms with van der Waals surface area (Å²) >= 11 is 0. The second kappa shape index (κ2) is 13.8. The van der Waals surface area contributed by atoms with E-state index < -0.39 is 16.1 Å². The van der Waals surface area contributed by atoms with Gasteiger partial charge >= 0.3 is 16.1 Å². The highest BCUT2D eigenvalue weighted by Gasteiger charge is 2.23. The summed E-state index contributed by atoms with van der Waals surface area (Å²) in [4.78, 5) is 17.4. The van der Waals surface area contributed by atoms with Gasteiger partial charge in [0.15, 0.2) is 0 Å². The van der Waals surface area contributed by atoms with E-state index in [0.717, 1.165) is 57.0 Å². The van der Waals surface area contributed by atoms with Crippen LogP contribution >= 0.6 is 0 Å². The van der Waals surface area contributed by atoms with Crippen LogP contribution in [-0.2, 0) is 14.3 Å². The lowest BCUT2D eigenvalue weighted by Crippen LogP contribution is -2.46. The van der Waals surface area contributed by atoms with Crippen LogP contribution < -0.4 is 14.4 Å². The highest BCUT2D eigenvalue weighted by molar-refractivity contribution is 7.87. The van der Waals surface area contributed by atoms with Gasteiger partial charge in [-0.2, -0.15) is 8.42 Å². The number of nitrogens with zero attached hydrogens (tertiary/aromatic N) is 2. The average Bonchev–Trinajstić information content (AvgIpc) is 2.95. The van der Waals surface area contributed by atoms with Gasteiger partial charge in [-0.25, -0.2) is 4.79 Å². The van der Waals surface area contributed by atoms with Crippen LogP contribution in [0.15, 0.2) is 48.5 Å². The maximum absolute atomic E-state index is 12.7. The molecule has 0 aromatic heterocycles. The smallest absolute Gasteiger partial charge is 0.357 e. The Morgan fingerprint density at radius 2 is 1.58 bits per heavy atom. The third-order valence-electron chi connectivity index (χ3n) is 7.43. The molecule has 2 aromatic rings. The van der Waals surface area contributed by atoms with Gasteiger partial charge in [-0.05, 0) is 62.4 Å². The molecule has 2 aromatic carbocycles. The summed E-state index contributed by atoms with van der Waals surface area (Å²) in [5.74, 6) is 0.660. The molecule has 1 saturated carbocycles. The van der Waals surface area contributed by atoms with E-state index in [0.29, 0.717) is 31.1 Å². The predicted molar refractivity (Wildman–Crippen MR) is 149 cm³/mol. The molecule has 0 amide bonds. The van der Waals surface area contributed by atoms with Crippen LogP contribution in [0, 0.1) is 5.92 Å². The molecule has 4 rings (SSSR count). The molecule has 2 fully saturated rings. The van der Waals surface area contributed by atoms with Crippen LogP contribution in [0.3, 0.4) is 0 Å². The van der Waals surface area contributed by atoms with Crippen LogP contribution in [0.25, 0.3) is 0 Å². The van der Waals surface area contributed by atoms with Crippen molar-refractivity contribution >= 4 is 21.8 Å². The van der Waals surface area contributed by atoms with Gasteiger partial charge in [0.2, 0.25) is 0 Å². The molecule has 9 heteroatoms. The van der Waals surface area contributed by atoms with Crippen LogP contribution in [0.4, 0.5) is 5.69 Å². The van der Waals surface area contributed by atoms with Crippen LogP contribution in [0.2, 0.25) is 0 Å². The third-order valence-corrected chi connectivity index (χ3v) is 8.62. The van der Waals surface area contributed by atoms with Crippen molar-refractivity contribution in [2.45, 2.75) is 44.9 Å². The molecule has 0 spiro atoms. The van der Waals surface area contributed by atoms with E-state index in [9.17, 15) is 13.2 Å². The number of carbonyl (C=O) groups is 1. The van der Waals surface area contributed by atoms with Crippen molar-refractivity contribution in [2.24, 2.45) is 5.92 Å². The first-order valence-corrected chi connectivity index (χ1v) is 15.3. The summed E-state index contributed by atoms with van der Waals surface area (Å²) in [7, 11) is -2.30. The summed E-state index contributed by atoms with van der Waals surface area (Å²) in [5, 5.41) is 0. The highest BCUT2D eigenvalue weighted by atomic mass is 32.2. The number of methoxy groups -OCH3 is 1. The number of hydrogen-bond acceptors (Lipinski definition) is 8. The molecule has 1 heterocycles. The van der Waals surface area contributed by atoms with Gasteiger partial charge < -0.3 is 18.6 Å². The minimum Gasteiger partial charge on any atom is -0.495 e. The Labute approximate surface area is 227 Å². The van der Waals surface area contributed by atoms with Gasteiger partial charge in [-0.3, -0.25) is 4.90 Å². The number of piperazine rings is 1. The van der Waals surface area contributed by atoms with Gasteiger partial charge in [0, 0.05) is 26.2 Å². The molecule has 1 aliphatic heterocycles. The van der Waals surface area contributed by atoms with Crippen molar-refractivity contribution in [3.05, 3.63) is 54.1 Å². The lowest BCUT2D eigenvalue weighted by Gasteiger charge is -2.36. The van der Waals surface area contributed by atoms with E-state index in [1.54, 1.807) is 31.4 Å². The number of para-hydroxylation sites is 3. The molecule has 0 bridgehead atoms. The van der Waals surface area contributed by atoms with Gasteiger partial charge in [0.05, 0.1) is 25.2 Å². The molecular weight excluding hydrogens is 504 g/mol. The molecule has 208 valence electrons. The summed E-state index contributed by atoms with van der Waals surface area (Å²) in [6, 6.07) is 14.7. The summed E-state index contributed by atoms with van der Waals surface area (Å²) in [6.07, 6.45) is 7.06. The Bertz CT molecular complexity index is 1140. The van der Waals surface area contributed by atoms with E-state index in [1.807, 2.05) is 18.2 Å². The van der Waals surface area contributed by atoms with E-state index in [4.69, 9.17) is 13.7 Å². The Morgan fingerprint density at radius 1 is 0.895 bits per heavy atom. The first-order valence-electron chi connectivity index (χ1n) is 13.7. The minimum absolute atomic E-state index is 0.153. The first kappa shape index (κ1) is 28.2. The number of rotatable bonds is 12. The molecule has 2 aliphatic rings. The molecule has 8 nitrogen and oxygen atoms in total. The summed E-state index contributed by atoms with van der Waals surface area (Å²) in [6.45, 7) is 4.91. The number of hydrogen-bond donors (Lipinski definition) is 0. The Kier molecular flexibility index (Phi) is 10.3. The first-order chi connectivity index (χ1) is 18.4. The largest absolute Gasteiger partial charge is 0.495 e. The molecular formula is C29H40N2O6S. The summed E-state index contributed by atoms with van der Waals surface area (Å²) in [5.41, 5.74) is 1.25. The fourth-order valence-corrected chi connectivity index (χ4v) is 6.20. The number of ether oxygens (including phenoxy) is 2. The SMILES string of the molecule is COc1ccccc1N1CCN(CCCCS(=O)(=O)OC(=O)c2ccccc2OCC2CCCCC2)CC1. The van der Waals surface area contributed by atoms with Crippen LogP contribution in [0.5, 0.6) is 11.5 Å². The van der Waals surface area contributed by atoms with E-state index >= 15 is 0 Å². The van der Waals surface area contributed by atoms with Crippen LogP contribution in [0.1, 0.15) is 55.3 Å². The normalized spacial score (nSPS) is 17.2. The third kappa shape index (κ3) is 8.11. The lowest BCUT2D eigenvalue weighted by molar-refractivity contribution is 0.0740. The van der Waals surface area contributed by atoms with E-state index in [2.05, 4.69) is 15.9 Å². The molecule has 0 N–H and O–H groups in total. The standard InChI is InChI=1S/C29H40N2O6S/c1-35-28-16-8-6-14-26(28)31-20-18-30(19-21-31)17-9-10-22-38(33,34)37-29(32)25-13-5-7-15-27(25)36-23-24-11-3-2-4-12-24/h5-8,13-16,24H,2-4,9-12,17-23H2,1H3. The monoisotopic (exact) mass is 544 g/mol. The van der Waals surface area contributed by atoms with Gasteiger partial charge in [-0.1, -0.05) is 43.5 Å². The average molecular weight is 545 g/mol. The number of unbranched alkanes of at least 4 members (excludes halogenated alkanes) is 1. The number of carbonyl (C=O) groups excluding carboxylic acids is 1. The van der Waals surface area contributed by atoms with E-state index in [-0.39, 0.29) is 11.3 Å². The quantitative estimate of drug-likeness (QED) is 0.280. The zero-order valence-corrected chi connectivity index (χ0v) is 23.2. The van der Waals surface area contributed by atoms with Crippen molar-refractivity contribution in [2.75, 3.05) is 57.1 Å². The van der Waals surface area contributed by atoms with Crippen molar-refractivity contribution in [3.8, 4) is 11.5 Å². The van der Waals surface area contributed by atoms with E-state index in [1.165, 1.54) is 19.3 Å². The Balaban J connectivity index is 1.18. The zero-order chi connectivity index (χ0) is 26.8. The molecule has 38 heavy (non-hydrogen) atoms. The molecule has 0 atom stereocenters. The predicted octanol–water partition coefficient (Wildman–Crippen LogP) is 4.74. The number of anilines is 1. The zero-order valence-electron chi connectivity index (χ0n) is 22.3. The van der Waals surface area contributed by atoms with Gasteiger partial charge in [0.1, 0.15) is 17.1 Å². The maximum Gasteiger partial charge on any atom is 0.357 e. The molecule has 1 saturated heterocycles. The van der Waals surface area contributed by atoms with Crippen molar-refractivity contribution < 1.29 is 26.9 Å². The maximum atomic E-state index is 12.7. The molecule has 1 aliphatic carbocycles. The summed E-state index contributed by atoms with van der Waals surface area (Å²) < 4.78 is 41.4. The van der Waals surface area contributed by atoms with Crippen LogP contribution in [-0.4, -0.2) is 71.5 Å². The second-order valence-electron chi connectivity index (χ2n) is 10.2. The van der Waals surface area contributed by atoms with Crippen molar-refractivity contribution in [3.63, 3.8) is 0 Å². The lowest BCUT2D eigenvalue weighted by atomic mass is 9.90. The van der Waals surface area contributed by atoms with Crippen molar-refractivity contribution in [1.82, 2.24) is 4.90 Å². The van der Waals surface area contributed by atoms with Crippen molar-refractivity contribution in [1.29, 1.82) is 0 Å².